The number of anilines is 1. The summed E-state index contributed by atoms with van der Waals surface area (Å²) >= 11 is 13.2. The molecule has 1 saturated heterocycles. The van der Waals surface area contributed by atoms with Gasteiger partial charge < -0.3 is 19.7 Å². The van der Waals surface area contributed by atoms with Crippen molar-refractivity contribution in [2.45, 2.75) is 18.9 Å². The SMILES string of the molecule is C=CC(=O)N1CC2(CC(Nc3ncc4cc(-c5c(Cl)c(OC)cc(OC)c5Cl)ccc4n3)C2)C1. The largest absolute Gasteiger partial charge is 0.495 e. The highest BCUT2D eigenvalue weighted by Crippen LogP contribution is 2.49. The first-order chi connectivity index (χ1) is 16.4. The van der Waals surface area contributed by atoms with E-state index in [9.17, 15) is 4.79 Å². The lowest BCUT2D eigenvalue weighted by molar-refractivity contribution is -0.144. The fourth-order valence-electron chi connectivity index (χ4n) is 4.97. The van der Waals surface area contributed by atoms with Crippen LogP contribution in [0.25, 0.3) is 22.0 Å². The van der Waals surface area contributed by atoms with Gasteiger partial charge in [0.2, 0.25) is 11.9 Å². The van der Waals surface area contributed by atoms with Crippen LogP contribution in [0, 0.1) is 5.41 Å². The van der Waals surface area contributed by atoms with Gasteiger partial charge >= 0.3 is 0 Å². The summed E-state index contributed by atoms with van der Waals surface area (Å²) in [6.45, 7) is 5.16. The topological polar surface area (TPSA) is 76.6 Å². The summed E-state index contributed by atoms with van der Waals surface area (Å²) in [6, 6.07) is 7.76. The number of fused-ring (bicyclic) bond motifs is 1. The maximum absolute atomic E-state index is 11.7. The molecule has 1 N–H and O–H groups in total. The monoisotopic (exact) mass is 498 g/mol. The third-order valence-corrected chi connectivity index (χ3v) is 7.42. The van der Waals surface area contributed by atoms with Gasteiger partial charge in [-0.1, -0.05) is 35.8 Å². The number of likely N-dealkylation sites (tertiary alicyclic amines) is 1. The third kappa shape index (κ3) is 3.83. The highest BCUT2D eigenvalue weighted by atomic mass is 35.5. The maximum Gasteiger partial charge on any atom is 0.245 e. The van der Waals surface area contributed by atoms with Gasteiger partial charge in [0.1, 0.15) is 11.5 Å². The number of amides is 1. The van der Waals surface area contributed by atoms with Crippen molar-refractivity contribution < 1.29 is 14.3 Å². The normalized spacial score (nSPS) is 16.6. The fourth-order valence-corrected chi connectivity index (χ4v) is 5.69. The molecule has 0 unspecified atom stereocenters. The number of carbonyl (C=O) groups is 1. The van der Waals surface area contributed by atoms with Crippen LogP contribution in [0.1, 0.15) is 12.8 Å². The van der Waals surface area contributed by atoms with Gasteiger partial charge in [-0.05, 0) is 36.6 Å². The first-order valence-corrected chi connectivity index (χ1v) is 11.7. The molecule has 9 heteroatoms. The minimum Gasteiger partial charge on any atom is -0.495 e. The minimum absolute atomic E-state index is 0.00855. The lowest BCUT2D eigenvalue weighted by Crippen LogP contribution is -2.65. The van der Waals surface area contributed by atoms with Crippen LogP contribution in [0.5, 0.6) is 11.5 Å². The summed E-state index contributed by atoms with van der Waals surface area (Å²) in [4.78, 5) is 22.7. The average Bonchev–Trinajstić information content (AvgIpc) is 2.79. The van der Waals surface area contributed by atoms with E-state index in [1.165, 1.54) is 6.08 Å². The molecule has 3 aromatic rings. The molecule has 1 saturated carbocycles. The Morgan fingerprint density at radius 3 is 2.47 bits per heavy atom. The van der Waals surface area contributed by atoms with Crippen LogP contribution in [0.2, 0.25) is 10.0 Å². The standard InChI is InChI=1S/C25H24Cl2N4O3/c1-4-20(32)31-12-25(13-31)9-16(10-25)29-24-28-11-15-7-14(5-6-17(15)30-24)21-22(26)18(33-2)8-19(34-3)23(21)27/h4-8,11,16H,1,9-10,12-13H2,2-3H3,(H,28,29,30). The summed E-state index contributed by atoms with van der Waals surface area (Å²) in [5.41, 5.74) is 2.49. The molecular formula is C25H24Cl2N4O3. The van der Waals surface area contributed by atoms with E-state index in [1.807, 2.05) is 23.1 Å². The van der Waals surface area contributed by atoms with Gasteiger partial charge in [0, 0.05) is 47.8 Å². The van der Waals surface area contributed by atoms with Crippen molar-refractivity contribution in [2.75, 3.05) is 32.6 Å². The van der Waals surface area contributed by atoms with E-state index in [0.29, 0.717) is 39.1 Å². The molecule has 2 aliphatic rings. The molecule has 2 heterocycles. The van der Waals surface area contributed by atoms with Crippen molar-refractivity contribution in [3.63, 3.8) is 0 Å². The molecule has 0 bridgehead atoms. The minimum atomic E-state index is 0.00855. The van der Waals surface area contributed by atoms with Gasteiger partial charge in [0.05, 0.1) is 29.8 Å². The fraction of sp³-hybridized carbons (Fsp3) is 0.320. The second-order valence-electron chi connectivity index (χ2n) is 8.90. The summed E-state index contributed by atoms with van der Waals surface area (Å²) < 4.78 is 10.8. The Kier molecular flexibility index (Phi) is 5.78. The predicted octanol–water partition coefficient (Wildman–Crippen LogP) is 5.21. The average molecular weight is 499 g/mol. The van der Waals surface area contributed by atoms with Crippen molar-refractivity contribution in [2.24, 2.45) is 5.41 Å². The number of benzene rings is 2. The lowest BCUT2D eigenvalue weighted by atomic mass is 9.60. The molecule has 176 valence electrons. The number of nitrogens with one attached hydrogen (secondary N) is 1. The third-order valence-electron chi connectivity index (χ3n) is 6.67. The van der Waals surface area contributed by atoms with Gasteiger partial charge in [-0.15, -0.1) is 0 Å². The zero-order valence-electron chi connectivity index (χ0n) is 18.9. The number of nitrogens with zero attached hydrogens (tertiary/aromatic N) is 3. The van der Waals surface area contributed by atoms with Crippen molar-refractivity contribution in [1.82, 2.24) is 14.9 Å². The van der Waals surface area contributed by atoms with Crippen LogP contribution in [0.15, 0.2) is 43.1 Å². The van der Waals surface area contributed by atoms with Crippen LogP contribution >= 0.6 is 23.2 Å². The Balaban J connectivity index is 1.33. The van der Waals surface area contributed by atoms with Gasteiger partial charge in [-0.2, -0.15) is 0 Å². The first-order valence-electron chi connectivity index (χ1n) is 10.9. The molecule has 2 aromatic carbocycles. The van der Waals surface area contributed by atoms with Gasteiger partial charge in [0.15, 0.2) is 0 Å². The van der Waals surface area contributed by atoms with Crippen molar-refractivity contribution in [3.8, 4) is 22.6 Å². The molecule has 1 aliphatic carbocycles. The van der Waals surface area contributed by atoms with Crippen LogP contribution in [-0.4, -0.2) is 54.1 Å². The molecule has 1 spiro atoms. The second-order valence-corrected chi connectivity index (χ2v) is 9.66. The van der Waals surface area contributed by atoms with E-state index in [0.717, 1.165) is 42.4 Å². The Morgan fingerprint density at radius 2 is 1.85 bits per heavy atom. The van der Waals surface area contributed by atoms with Crippen LogP contribution in [-0.2, 0) is 4.79 Å². The van der Waals surface area contributed by atoms with Gasteiger partial charge in [-0.3, -0.25) is 4.79 Å². The molecule has 5 rings (SSSR count). The van der Waals surface area contributed by atoms with Crippen molar-refractivity contribution >= 4 is 46.0 Å². The smallest absolute Gasteiger partial charge is 0.245 e. The first kappa shape index (κ1) is 22.7. The summed E-state index contributed by atoms with van der Waals surface area (Å²) in [5, 5.41) is 5.11. The quantitative estimate of drug-likeness (QED) is 0.470. The van der Waals surface area contributed by atoms with Crippen LogP contribution in [0.4, 0.5) is 5.95 Å². The van der Waals surface area contributed by atoms with Gasteiger partial charge in [-0.25, -0.2) is 9.97 Å². The zero-order chi connectivity index (χ0) is 24.0. The second kappa shape index (κ2) is 8.64. The van der Waals surface area contributed by atoms with E-state index >= 15 is 0 Å². The number of rotatable bonds is 6. The number of halogens is 2. The molecule has 1 aliphatic heterocycles. The van der Waals surface area contributed by atoms with Crippen LogP contribution < -0.4 is 14.8 Å². The Morgan fingerprint density at radius 1 is 1.18 bits per heavy atom. The number of methoxy groups -OCH3 is 2. The van der Waals surface area contributed by atoms with E-state index in [4.69, 9.17) is 32.7 Å². The van der Waals surface area contributed by atoms with Crippen molar-refractivity contribution in [1.29, 1.82) is 0 Å². The lowest BCUT2D eigenvalue weighted by Gasteiger charge is -2.58. The zero-order valence-corrected chi connectivity index (χ0v) is 20.4. The summed E-state index contributed by atoms with van der Waals surface area (Å²) in [5.74, 6) is 1.57. The molecule has 1 amide bonds. The van der Waals surface area contributed by atoms with E-state index in [2.05, 4.69) is 21.9 Å². The van der Waals surface area contributed by atoms with Gasteiger partial charge in [0.25, 0.3) is 0 Å². The summed E-state index contributed by atoms with van der Waals surface area (Å²) in [7, 11) is 3.10. The molecule has 2 fully saturated rings. The maximum atomic E-state index is 11.7. The Hall–Kier alpha value is -3.03. The molecular weight excluding hydrogens is 475 g/mol. The molecule has 0 radical (unpaired) electrons. The highest BCUT2D eigenvalue weighted by molar-refractivity contribution is 6.41. The van der Waals surface area contributed by atoms with Crippen LogP contribution in [0.3, 0.4) is 0 Å². The highest BCUT2D eigenvalue weighted by Gasteiger charge is 2.53. The van der Waals surface area contributed by atoms with E-state index < -0.39 is 0 Å². The van der Waals surface area contributed by atoms with Crippen molar-refractivity contribution in [3.05, 3.63) is 53.2 Å². The van der Waals surface area contributed by atoms with E-state index in [1.54, 1.807) is 26.5 Å². The number of carbonyl (C=O) groups excluding carboxylic acids is 1. The Labute approximate surface area is 207 Å². The summed E-state index contributed by atoms with van der Waals surface area (Å²) in [6.07, 6.45) is 5.17. The predicted molar refractivity (Wildman–Crippen MR) is 134 cm³/mol. The molecule has 0 atom stereocenters. The molecule has 7 nitrogen and oxygen atoms in total. The van der Waals surface area contributed by atoms with E-state index in [-0.39, 0.29) is 11.3 Å². The Bertz CT molecular complexity index is 1270. The molecule has 1 aromatic heterocycles. The number of ether oxygens (including phenoxy) is 2. The number of hydrogen-bond acceptors (Lipinski definition) is 6. The molecule has 34 heavy (non-hydrogen) atoms. The number of aromatic nitrogens is 2. The number of hydrogen-bond donors (Lipinski definition) is 1.